The Labute approximate surface area is 115 Å². The van der Waals surface area contributed by atoms with E-state index in [1.807, 2.05) is 6.92 Å². The first kappa shape index (κ1) is 14.3. The molecule has 1 fully saturated rings. The van der Waals surface area contributed by atoms with E-state index < -0.39 is 0 Å². The van der Waals surface area contributed by atoms with Crippen molar-refractivity contribution >= 4 is 5.95 Å². The topological polar surface area (TPSA) is 56.3 Å². The molecular formula is C14H26N4O. The molecule has 108 valence electrons. The molecule has 0 amide bonds. The van der Waals surface area contributed by atoms with Crippen LogP contribution in [0.5, 0.6) is 0 Å². The number of hydrogen-bond donors (Lipinski definition) is 1. The number of ether oxygens (including phenoxy) is 1. The van der Waals surface area contributed by atoms with Crippen molar-refractivity contribution in [2.24, 2.45) is 5.73 Å². The Balaban J connectivity index is 2.03. The molecule has 0 aliphatic carbocycles. The number of imidazole rings is 1. The van der Waals surface area contributed by atoms with Crippen molar-refractivity contribution < 1.29 is 4.74 Å². The fourth-order valence-electron chi connectivity index (χ4n) is 2.75. The molecule has 0 spiro atoms. The standard InChI is InChI=1S/C14H26N4O/c1-3-19-9-5-7-17-11-12(2)16-14(17)18-8-4-6-13(18)10-15/h11,13H,3-10,15H2,1-2H3. The maximum atomic E-state index is 5.86. The summed E-state index contributed by atoms with van der Waals surface area (Å²) in [7, 11) is 0. The fourth-order valence-corrected chi connectivity index (χ4v) is 2.75. The van der Waals surface area contributed by atoms with Crippen LogP contribution in [0.15, 0.2) is 6.20 Å². The van der Waals surface area contributed by atoms with Crippen LogP contribution in [-0.4, -0.2) is 41.9 Å². The van der Waals surface area contributed by atoms with Crippen molar-refractivity contribution in [2.75, 3.05) is 31.2 Å². The van der Waals surface area contributed by atoms with Gasteiger partial charge in [0.25, 0.3) is 0 Å². The molecule has 1 atom stereocenters. The second-order valence-corrected chi connectivity index (χ2v) is 5.15. The van der Waals surface area contributed by atoms with E-state index in [1.54, 1.807) is 0 Å². The molecule has 2 rings (SSSR count). The van der Waals surface area contributed by atoms with Gasteiger partial charge in [0, 0.05) is 45.1 Å². The summed E-state index contributed by atoms with van der Waals surface area (Å²) in [4.78, 5) is 7.05. The fraction of sp³-hybridized carbons (Fsp3) is 0.786. The number of aromatic nitrogens is 2. The molecule has 2 N–H and O–H groups in total. The minimum atomic E-state index is 0.451. The van der Waals surface area contributed by atoms with Gasteiger partial charge in [-0.05, 0) is 33.1 Å². The summed E-state index contributed by atoms with van der Waals surface area (Å²) in [5.74, 6) is 1.09. The molecule has 0 bridgehead atoms. The largest absolute Gasteiger partial charge is 0.382 e. The molecule has 1 aliphatic heterocycles. The van der Waals surface area contributed by atoms with Crippen LogP contribution in [0.4, 0.5) is 5.95 Å². The SMILES string of the molecule is CCOCCCn1cc(C)nc1N1CCCC1CN. The Morgan fingerprint density at radius 1 is 1.53 bits per heavy atom. The van der Waals surface area contributed by atoms with Gasteiger partial charge >= 0.3 is 0 Å². The highest BCUT2D eigenvalue weighted by molar-refractivity contribution is 5.36. The maximum absolute atomic E-state index is 5.86. The summed E-state index contributed by atoms with van der Waals surface area (Å²) in [6, 6.07) is 0.451. The van der Waals surface area contributed by atoms with Crippen molar-refractivity contribution in [3.63, 3.8) is 0 Å². The third-order valence-corrected chi connectivity index (χ3v) is 3.67. The molecule has 1 unspecified atom stereocenters. The van der Waals surface area contributed by atoms with Crippen LogP contribution < -0.4 is 10.6 Å². The number of nitrogens with zero attached hydrogens (tertiary/aromatic N) is 3. The lowest BCUT2D eigenvalue weighted by Gasteiger charge is -2.25. The Morgan fingerprint density at radius 2 is 2.37 bits per heavy atom. The number of rotatable bonds is 7. The van der Waals surface area contributed by atoms with E-state index in [9.17, 15) is 0 Å². The Hall–Kier alpha value is -1.07. The van der Waals surface area contributed by atoms with E-state index >= 15 is 0 Å². The minimum absolute atomic E-state index is 0.451. The van der Waals surface area contributed by atoms with Crippen LogP contribution in [-0.2, 0) is 11.3 Å². The van der Waals surface area contributed by atoms with Crippen molar-refractivity contribution in [1.29, 1.82) is 0 Å². The summed E-state index contributed by atoms with van der Waals surface area (Å²) < 4.78 is 7.65. The Bertz CT molecular complexity index is 391. The van der Waals surface area contributed by atoms with Crippen LogP contribution in [0.3, 0.4) is 0 Å². The molecule has 0 aromatic carbocycles. The van der Waals surface area contributed by atoms with E-state index in [-0.39, 0.29) is 0 Å². The van der Waals surface area contributed by atoms with Crippen molar-refractivity contribution in [2.45, 2.75) is 45.7 Å². The Kier molecular flexibility index (Phi) is 5.22. The normalized spacial score (nSPS) is 19.3. The van der Waals surface area contributed by atoms with Crippen molar-refractivity contribution in [3.8, 4) is 0 Å². The summed E-state index contributed by atoms with van der Waals surface area (Å²) in [5, 5.41) is 0. The van der Waals surface area contributed by atoms with Gasteiger partial charge < -0.3 is 19.9 Å². The molecule has 19 heavy (non-hydrogen) atoms. The van der Waals surface area contributed by atoms with Crippen molar-refractivity contribution in [3.05, 3.63) is 11.9 Å². The van der Waals surface area contributed by atoms with E-state index in [0.29, 0.717) is 12.6 Å². The third kappa shape index (κ3) is 3.48. The molecule has 0 saturated carbocycles. The van der Waals surface area contributed by atoms with E-state index in [2.05, 4.69) is 27.6 Å². The highest BCUT2D eigenvalue weighted by atomic mass is 16.5. The zero-order valence-corrected chi connectivity index (χ0v) is 12.1. The molecule has 5 heteroatoms. The molecule has 1 aliphatic rings. The van der Waals surface area contributed by atoms with Gasteiger partial charge in [-0.15, -0.1) is 0 Å². The monoisotopic (exact) mass is 266 g/mol. The lowest BCUT2D eigenvalue weighted by atomic mass is 10.2. The second kappa shape index (κ2) is 6.91. The number of hydrogen-bond acceptors (Lipinski definition) is 4. The first-order chi connectivity index (χ1) is 9.26. The number of nitrogens with two attached hydrogens (primary N) is 1. The van der Waals surface area contributed by atoms with Crippen LogP contribution in [0.2, 0.25) is 0 Å². The molecule has 2 heterocycles. The summed E-state index contributed by atoms with van der Waals surface area (Å²) in [5.41, 5.74) is 6.94. The summed E-state index contributed by atoms with van der Waals surface area (Å²) in [6.07, 6.45) is 5.55. The number of aryl methyl sites for hydroxylation is 2. The molecule has 1 aromatic heterocycles. The quantitative estimate of drug-likeness (QED) is 0.761. The van der Waals surface area contributed by atoms with E-state index in [1.165, 1.54) is 12.8 Å². The van der Waals surface area contributed by atoms with Crippen LogP contribution in [0, 0.1) is 6.92 Å². The average Bonchev–Trinajstić information content (AvgIpc) is 3.00. The van der Waals surface area contributed by atoms with Crippen LogP contribution >= 0.6 is 0 Å². The predicted octanol–water partition coefficient (Wildman–Crippen LogP) is 1.55. The van der Waals surface area contributed by atoms with E-state index in [0.717, 1.165) is 44.4 Å². The first-order valence-corrected chi connectivity index (χ1v) is 7.34. The maximum Gasteiger partial charge on any atom is 0.206 e. The van der Waals surface area contributed by atoms with Crippen LogP contribution in [0.1, 0.15) is 31.9 Å². The summed E-state index contributed by atoms with van der Waals surface area (Å²) in [6.45, 7) is 8.43. The van der Waals surface area contributed by atoms with Crippen LogP contribution in [0.25, 0.3) is 0 Å². The molecular weight excluding hydrogens is 240 g/mol. The molecule has 1 aromatic rings. The lowest BCUT2D eigenvalue weighted by molar-refractivity contribution is 0.141. The second-order valence-electron chi connectivity index (χ2n) is 5.15. The van der Waals surface area contributed by atoms with Gasteiger partial charge in [-0.1, -0.05) is 0 Å². The van der Waals surface area contributed by atoms with Crippen molar-refractivity contribution in [1.82, 2.24) is 9.55 Å². The highest BCUT2D eigenvalue weighted by Gasteiger charge is 2.26. The van der Waals surface area contributed by atoms with Gasteiger partial charge in [-0.25, -0.2) is 4.98 Å². The Morgan fingerprint density at radius 3 is 3.11 bits per heavy atom. The average molecular weight is 266 g/mol. The van der Waals surface area contributed by atoms with Gasteiger partial charge in [-0.3, -0.25) is 0 Å². The minimum Gasteiger partial charge on any atom is -0.382 e. The molecule has 1 saturated heterocycles. The van der Waals surface area contributed by atoms with E-state index in [4.69, 9.17) is 10.5 Å². The van der Waals surface area contributed by atoms with Gasteiger partial charge in [0.2, 0.25) is 5.95 Å². The summed E-state index contributed by atoms with van der Waals surface area (Å²) >= 11 is 0. The highest BCUT2D eigenvalue weighted by Crippen LogP contribution is 2.24. The van der Waals surface area contributed by atoms with Gasteiger partial charge in [-0.2, -0.15) is 0 Å². The third-order valence-electron chi connectivity index (χ3n) is 3.67. The van der Waals surface area contributed by atoms with Gasteiger partial charge in [0.05, 0.1) is 5.69 Å². The molecule has 0 radical (unpaired) electrons. The smallest absolute Gasteiger partial charge is 0.206 e. The molecule has 5 nitrogen and oxygen atoms in total. The van der Waals surface area contributed by atoms with Gasteiger partial charge in [0.1, 0.15) is 0 Å². The number of anilines is 1. The first-order valence-electron chi connectivity index (χ1n) is 7.34. The van der Waals surface area contributed by atoms with Gasteiger partial charge in [0.15, 0.2) is 0 Å². The zero-order chi connectivity index (χ0) is 13.7. The predicted molar refractivity (Wildman–Crippen MR) is 77.5 cm³/mol. The lowest BCUT2D eigenvalue weighted by Crippen LogP contribution is -2.37. The zero-order valence-electron chi connectivity index (χ0n) is 12.1.